The lowest BCUT2D eigenvalue weighted by atomic mass is 10.2. The van der Waals surface area contributed by atoms with Gasteiger partial charge in [-0.2, -0.15) is 0 Å². The monoisotopic (exact) mass is 364 g/mol. The summed E-state index contributed by atoms with van der Waals surface area (Å²) in [7, 11) is 0. The van der Waals surface area contributed by atoms with Gasteiger partial charge < -0.3 is 9.47 Å². The van der Waals surface area contributed by atoms with Crippen LogP contribution in [0.4, 0.5) is 10.6 Å². The molecular weight excluding hydrogens is 347 g/mol. The lowest BCUT2D eigenvalue weighted by Crippen LogP contribution is -2.27. The van der Waals surface area contributed by atoms with Gasteiger partial charge in [0.15, 0.2) is 5.75 Å². The highest BCUT2D eigenvalue weighted by molar-refractivity contribution is 14.1. The average molecular weight is 364 g/mol. The molecule has 0 atom stereocenters. The summed E-state index contributed by atoms with van der Waals surface area (Å²) in [6.07, 6.45) is 1.06. The zero-order valence-corrected chi connectivity index (χ0v) is 13.1. The lowest BCUT2D eigenvalue weighted by Gasteiger charge is -2.19. The van der Waals surface area contributed by atoms with E-state index in [1.807, 2.05) is 27.7 Å². The normalized spacial score (nSPS) is 10.9. The van der Waals surface area contributed by atoms with Crippen molar-refractivity contribution in [2.45, 2.75) is 33.3 Å². The second kappa shape index (κ2) is 6.21. The molecule has 0 saturated heterocycles. The Bertz CT molecular complexity index is 430. The van der Waals surface area contributed by atoms with Crippen LogP contribution in [0.1, 0.15) is 27.7 Å². The van der Waals surface area contributed by atoms with Crippen LogP contribution in [0.2, 0.25) is 0 Å². The fraction of sp³-hybridized carbons (Fsp3) is 0.500. The van der Waals surface area contributed by atoms with Crippen LogP contribution in [0.15, 0.2) is 12.3 Å². The number of ether oxygens (including phenoxy) is 2. The van der Waals surface area contributed by atoms with Crippen molar-refractivity contribution < 1.29 is 14.3 Å². The zero-order chi connectivity index (χ0) is 13.8. The highest BCUT2D eigenvalue weighted by atomic mass is 127. The summed E-state index contributed by atoms with van der Waals surface area (Å²) in [4.78, 5) is 15.6. The van der Waals surface area contributed by atoms with Gasteiger partial charge in [0.25, 0.3) is 0 Å². The Hall–Kier alpha value is -1.05. The standard InChI is InChI=1S/C12H17IN2O3/c1-5-17-9-7-14-10(6-8(9)13)15-11(16)18-12(2,3)4/h6-7H,5H2,1-4H3,(H,14,15,16). The van der Waals surface area contributed by atoms with Crippen LogP contribution in [0.25, 0.3) is 0 Å². The van der Waals surface area contributed by atoms with Crippen molar-refractivity contribution in [1.29, 1.82) is 0 Å². The Kier molecular flexibility index (Phi) is 5.18. The first-order valence-electron chi connectivity index (χ1n) is 5.60. The molecule has 0 aromatic carbocycles. The summed E-state index contributed by atoms with van der Waals surface area (Å²) in [5, 5.41) is 2.58. The van der Waals surface area contributed by atoms with Crippen LogP contribution < -0.4 is 10.1 Å². The van der Waals surface area contributed by atoms with Crippen molar-refractivity contribution in [3.05, 3.63) is 15.8 Å². The molecular formula is C12H17IN2O3. The lowest BCUT2D eigenvalue weighted by molar-refractivity contribution is 0.0635. The number of hydrogen-bond acceptors (Lipinski definition) is 4. The SMILES string of the molecule is CCOc1cnc(NC(=O)OC(C)(C)C)cc1I. The first-order valence-corrected chi connectivity index (χ1v) is 6.68. The third kappa shape index (κ3) is 5.07. The van der Waals surface area contributed by atoms with E-state index in [-0.39, 0.29) is 0 Å². The van der Waals surface area contributed by atoms with Gasteiger partial charge in [0.1, 0.15) is 11.4 Å². The summed E-state index contributed by atoms with van der Waals surface area (Å²) in [6, 6.07) is 1.73. The zero-order valence-electron chi connectivity index (χ0n) is 10.9. The number of carbonyl (C=O) groups excluding carboxylic acids is 1. The maximum atomic E-state index is 11.5. The van der Waals surface area contributed by atoms with Gasteiger partial charge in [-0.25, -0.2) is 9.78 Å². The van der Waals surface area contributed by atoms with Gasteiger partial charge in [0.05, 0.1) is 16.4 Å². The molecule has 0 aliphatic carbocycles. The number of carbonyl (C=O) groups is 1. The van der Waals surface area contributed by atoms with Crippen molar-refractivity contribution in [2.75, 3.05) is 11.9 Å². The molecule has 0 aliphatic rings. The molecule has 0 saturated carbocycles. The molecule has 1 rings (SSSR count). The molecule has 6 heteroatoms. The Morgan fingerprint density at radius 2 is 2.17 bits per heavy atom. The smallest absolute Gasteiger partial charge is 0.413 e. The van der Waals surface area contributed by atoms with E-state index in [1.54, 1.807) is 12.3 Å². The first kappa shape index (κ1) is 15.0. The molecule has 100 valence electrons. The van der Waals surface area contributed by atoms with E-state index in [4.69, 9.17) is 9.47 Å². The molecule has 5 nitrogen and oxygen atoms in total. The van der Waals surface area contributed by atoms with E-state index in [9.17, 15) is 4.79 Å². The van der Waals surface area contributed by atoms with Crippen LogP contribution in [0.5, 0.6) is 5.75 Å². The first-order chi connectivity index (χ1) is 8.31. The summed E-state index contributed by atoms with van der Waals surface area (Å²) in [6.45, 7) is 7.91. The minimum absolute atomic E-state index is 0.442. The largest absolute Gasteiger partial charge is 0.491 e. The van der Waals surface area contributed by atoms with Crippen LogP contribution in [-0.2, 0) is 4.74 Å². The molecule has 1 heterocycles. The number of anilines is 1. The highest BCUT2D eigenvalue weighted by Crippen LogP contribution is 2.22. The summed E-state index contributed by atoms with van der Waals surface area (Å²) in [5.74, 6) is 1.14. The van der Waals surface area contributed by atoms with Crippen LogP contribution in [0, 0.1) is 3.57 Å². The Labute approximate surface area is 120 Å². The fourth-order valence-electron chi connectivity index (χ4n) is 1.16. The molecule has 0 spiro atoms. The summed E-state index contributed by atoms with van der Waals surface area (Å²) >= 11 is 2.13. The van der Waals surface area contributed by atoms with Crippen molar-refractivity contribution in [3.63, 3.8) is 0 Å². The summed E-state index contributed by atoms with van der Waals surface area (Å²) < 4.78 is 11.4. The molecule has 0 bridgehead atoms. The third-order valence-corrected chi connectivity index (χ3v) is 2.59. The van der Waals surface area contributed by atoms with Crippen LogP contribution >= 0.6 is 22.6 Å². The van der Waals surface area contributed by atoms with E-state index in [2.05, 4.69) is 32.9 Å². The van der Waals surface area contributed by atoms with Gasteiger partial charge in [0.2, 0.25) is 0 Å². The van der Waals surface area contributed by atoms with Gasteiger partial charge in [-0.3, -0.25) is 5.32 Å². The van der Waals surface area contributed by atoms with Gasteiger partial charge in [-0.05, 0) is 56.4 Å². The summed E-state index contributed by atoms with van der Waals surface area (Å²) in [5.41, 5.74) is -0.525. The number of amides is 1. The maximum absolute atomic E-state index is 11.5. The molecule has 0 aliphatic heterocycles. The second-order valence-electron chi connectivity index (χ2n) is 4.56. The number of aromatic nitrogens is 1. The van der Waals surface area contributed by atoms with E-state index in [0.29, 0.717) is 18.2 Å². The molecule has 0 radical (unpaired) electrons. The van der Waals surface area contributed by atoms with E-state index < -0.39 is 11.7 Å². The average Bonchev–Trinajstić information content (AvgIpc) is 2.19. The van der Waals surface area contributed by atoms with Gasteiger partial charge >= 0.3 is 6.09 Å². The number of nitrogens with one attached hydrogen (secondary N) is 1. The number of pyridine rings is 1. The Balaban J connectivity index is 2.69. The van der Waals surface area contributed by atoms with Crippen LogP contribution in [-0.4, -0.2) is 23.3 Å². The fourth-order valence-corrected chi connectivity index (χ4v) is 1.75. The van der Waals surface area contributed by atoms with E-state index >= 15 is 0 Å². The maximum Gasteiger partial charge on any atom is 0.413 e. The van der Waals surface area contributed by atoms with Crippen molar-refractivity contribution >= 4 is 34.5 Å². The number of halogens is 1. The molecule has 0 fully saturated rings. The quantitative estimate of drug-likeness (QED) is 0.835. The Morgan fingerprint density at radius 3 is 2.67 bits per heavy atom. The van der Waals surface area contributed by atoms with E-state index in [0.717, 1.165) is 3.57 Å². The Morgan fingerprint density at radius 1 is 1.50 bits per heavy atom. The number of nitrogens with zero attached hydrogens (tertiary/aromatic N) is 1. The molecule has 1 aromatic rings. The molecule has 18 heavy (non-hydrogen) atoms. The topological polar surface area (TPSA) is 60.5 Å². The second-order valence-corrected chi connectivity index (χ2v) is 5.72. The van der Waals surface area contributed by atoms with Gasteiger partial charge in [-0.15, -0.1) is 0 Å². The highest BCUT2D eigenvalue weighted by Gasteiger charge is 2.16. The van der Waals surface area contributed by atoms with Crippen molar-refractivity contribution in [3.8, 4) is 5.75 Å². The molecule has 1 amide bonds. The predicted octanol–water partition coefficient (Wildman–Crippen LogP) is 3.43. The number of rotatable bonds is 3. The number of hydrogen-bond donors (Lipinski definition) is 1. The molecule has 0 unspecified atom stereocenters. The van der Waals surface area contributed by atoms with Crippen molar-refractivity contribution in [2.24, 2.45) is 0 Å². The van der Waals surface area contributed by atoms with Crippen molar-refractivity contribution in [1.82, 2.24) is 4.98 Å². The molecule has 1 aromatic heterocycles. The minimum atomic E-state index is -0.525. The molecule has 1 N–H and O–H groups in total. The predicted molar refractivity (Wildman–Crippen MR) is 78.0 cm³/mol. The van der Waals surface area contributed by atoms with Gasteiger partial charge in [-0.1, -0.05) is 0 Å². The third-order valence-electron chi connectivity index (χ3n) is 1.75. The van der Waals surface area contributed by atoms with Gasteiger partial charge in [0, 0.05) is 0 Å². The minimum Gasteiger partial charge on any atom is -0.491 e. The van der Waals surface area contributed by atoms with E-state index in [1.165, 1.54) is 0 Å². The van der Waals surface area contributed by atoms with Crippen LogP contribution in [0.3, 0.4) is 0 Å².